The van der Waals surface area contributed by atoms with Gasteiger partial charge < -0.3 is 14.6 Å². The van der Waals surface area contributed by atoms with Crippen molar-refractivity contribution >= 4 is 28.7 Å². The Morgan fingerprint density at radius 2 is 1.52 bits per heavy atom. The van der Waals surface area contributed by atoms with Crippen LogP contribution in [0.25, 0.3) is 21.9 Å². The molecule has 1 N–H and O–H groups in total. The number of aromatic carboxylic acids is 1. The molecule has 0 saturated heterocycles. The Kier molecular flexibility index (Phi) is 3.87. The van der Waals surface area contributed by atoms with Crippen molar-refractivity contribution in [2.75, 3.05) is 13.2 Å². The molecule has 4 bridgehead atoms. The maximum atomic E-state index is 12.7. The summed E-state index contributed by atoms with van der Waals surface area (Å²) in [5.74, 6) is -2.02. The SMILES string of the molecule is O=C1OCCOC(=O)c2ccc1cc2-c1c2c(C(=O)O)c(c3ccccc13)CC2. The van der Waals surface area contributed by atoms with Crippen LogP contribution >= 0.6 is 0 Å². The van der Waals surface area contributed by atoms with Crippen LogP contribution in [0.1, 0.15) is 42.2 Å². The zero-order valence-electron chi connectivity index (χ0n) is 15.4. The quantitative estimate of drug-likeness (QED) is 0.675. The molecular formula is C23H16O6. The molecule has 0 atom stereocenters. The van der Waals surface area contributed by atoms with Crippen LogP contribution in [0.5, 0.6) is 0 Å². The minimum atomic E-state index is -0.986. The van der Waals surface area contributed by atoms with Gasteiger partial charge in [-0.2, -0.15) is 0 Å². The highest BCUT2D eigenvalue weighted by molar-refractivity contribution is 6.12. The van der Waals surface area contributed by atoms with Gasteiger partial charge in [0.05, 0.1) is 16.7 Å². The van der Waals surface area contributed by atoms with Crippen LogP contribution in [0.4, 0.5) is 0 Å². The van der Waals surface area contributed by atoms with E-state index in [0.29, 0.717) is 40.7 Å². The number of rotatable bonds is 2. The number of esters is 2. The van der Waals surface area contributed by atoms with E-state index < -0.39 is 17.9 Å². The van der Waals surface area contributed by atoms with Gasteiger partial charge in [-0.1, -0.05) is 24.3 Å². The second-order valence-corrected chi connectivity index (χ2v) is 7.09. The Morgan fingerprint density at radius 1 is 0.828 bits per heavy atom. The Bertz CT molecular complexity index is 1220. The van der Waals surface area contributed by atoms with Crippen LogP contribution in [0, 0.1) is 0 Å². The molecule has 0 spiro atoms. The summed E-state index contributed by atoms with van der Waals surface area (Å²) in [6, 6.07) is 12.2. The van der Waals surface area contributed by atoms with Crippen LogP contribution in [0.3, 0.4) is 0 Å². The van der Waals surface area contributed by atoms with Gasteiger partial charge in [0.1, 0.15) is 13.2 Å². The van der Waals surface area contributed by atoms with Crippen molar-refractivity contribution in [3.63, 3.8) is 0 Å². The van der Waals surface area contributed by atoms with Crippen molar-refractivity contribution in [3.05, 3.63) is 70.3 Å². The number of hydrogen-bond acceptors (Lipinski definition) is 5. The predicted molar refractivity (Wildman–Crippen MR) is 104 cm³/mol. The lowest BCUT2D eigenvalue weighted by atomic mass is 9.87. The lowest BCUT2D eigenvalue weighted by Gasteiger charge is -2.18. The molecule has 6 heteroatoms. The largest absolute Gasteiger partial charge is 0.478 e. The average molecular weight is 388 g/mol. The topological polar surface area (TPSA) is 89.9 Å². The molecule has 2 heterocycles. The Morgan fingerprint density at radius 3 is 2.28 bits per heavy atom. The van der Waals surface area contributed by atoms with Gasteiger partial charge in [-0.3, -0.25) is 0 Å². The maximum absolute atomic E-state index is 12.7. The summed E-state index contributed by atoms with van der Waals surface area (Å²) in [7, 11) is 0. The minimum Gasteiger partial charge on any atom is -0.478 e. The standard InChI is InChI=1S/C23H16O6/c24-21(25)20-15-7-8-17(20)19(14-4-2-1-3-13(14)15)18-11-12-5-6-16(18)23(27)29-10-9-28-22(12)26/h1-6,11H,7-10H2,(H,24,25). The molecule has 6 nitrogen and oxygen atoms in total. The molecule has 2 aliphatic heterocycles. The van der Waals surface area contributed by atoms with Crippen LogP contribution in [-0.2, 0) is 22.3 Å². The smallest absolute Gasteiger partial charge is 0.338 e. The van der Waals surface area contributed by atoms with Crippen molar-refractivity contribution < 1.29 is 29.0 Å². The number of ether oxygens (including phenoxy) is 2. The van der Waals surface area contributed by atoms with E-state index in [4.69, 9.17) is 9.47 Å². The molecule has 0 fully saturated rings. The Hall–Kier alpha value is -3.67. The second kappa shape index (κ2) is 6.44. The Balaban J connectivity index is 1.90. The van der Waals surface area contributed by atoms with Crippen molar-refractivity contribution in [1.82, 2.24) is 0 Å². The maximum Gasteiger partial charge on any atom is 0.338 e. The monoisotopic (exact) mass is 388 g/mol. The highest BCUT2D eigenvalue weighted by Gasteiger charge is 2.31. The van der Waals surface area contributed by atoms with Gasteiger partial charge >= 0.3 is 17.9 Å². The third-order valence-electron chi connectivity index (χ3n) is 5.56. The van der Waals surface area contributed by atoms with Crippen LogP contribution in [-0.4, -0.2) is 36.2 Å². The summed E-state index contributed by atoms with van der Waals surface area (Å²) in [5, 5.41) is 11.6. The molecule has 0 unspecified atom stereocenters. The highest BCUT2D eigenvalue weighted by Crippen LogP contribution is 2.44. The fourth-order valence-corrected chi connectivity index (χ4v) is 4.38. The highest BCUT2D eigenvalue weighted by atomic mass is 16.6. The predicted octanol–water partition coefficient (Wildman–Crippen LogP) is 3.63. The van der Waals surface area contributed by atoms with Gasteiger partial charge in [0, 0.05) is 0 Å². The first-order valence-electron chi connectivity index (χ1n) is 9.34. The van der Waals surface area contributed by atoms with Crippen molar-refractivity contribution in [2.45, 2.75) is 12.8 Å². The van der Waals surface area contributed by atoms with Gasteiger partial charge in [-0.05, 0) is 64.1 Å². The molecule has 6 rings (SSSR count). The molecule has 0 aromatic heterocycles. The molecule has 1 aliphatic carbocycles. The van der Waals surface area contributed by atoms with E-state index in [1.165, 1.54) is 6.07 Å². The third-order valence-corrected chi connectivity index (χ3v) is 5.56. The van der Waals surface area contributed by atoms with E-state index in [0.717, 1.165) is 16.3 Å². The fraction of sp³-hybridized carbons (Fsp3) is 0.174. The zero-order chi connectivity index (χ0) is 20.1. The second-order valence-electron chi connectivity index (χ2n) is 7.09. The lowest BCUT2D eigenvalue weighted by molar-refractivity contribution is 0.0261. The van der Waals surface area contributed by atoms with E-state index in [-0.39, 0.29) is 18.8 Å². The first-order valence-corrected chi connectivity index (χ1v) is 9.34. The molecule has 0 radical (unpaired) electrons. The van der Waals surface area contributed by atoms with E-state index >= 15 is 0 Å². The molecule has 3 aromatic carbocycles. The van der Waals surface area contributed by atoms with E-state index in [1.54, 1.807) is 12.1 Å². The minimum absolute atomic E-state index is 0.00952. The first kappa shape index (κ1) is 17.4. The van der Waals surface area contributed by atoms with E-state index in [2.05, 4.69) is 0 Å². The van der Waals surface area contributed by atoms with E-state index in [9.17, 15) is 19.5 Å². The molecule has 3 aliphatic rings. The first-order chi connectivity index (χ1) is 14.1. The zero-order valence-corrected chi connectivity index (χ0v) is 15.4. The molecular weight excluding hydrogens is 372 g/mol. The van der Waals surface area contributed by atoms with Gasteiger partial charge in [-0.15, -0.1) is 0 Å². The van der Waals surface area contributed by atoms with Crippen LogP contribution in [0.15, 0.2) is 42.5 Å². The number of aryl methyl sites for hydroxylation is 1. The normalized spacial score (nSPS) is 15.3. The fourth-order valence-electron chi connectivity index (χ4n) is 4.38. The number of fused-ring (bicyclic) bond motifs is 11. The van der Waals surface area contributed by atoms with Gasteiger partial charge in [0.2, 0.25) is 0 Å². The molecule has 0 saturated carbocycles. The molecule has 0 amide bonds. The number of carbonyl (C=O) groups excluding carboxylic acids is 2. The number of carbonyl (C=O) groups is 3. The summed E-state index contributed by atoms with van der Waals surface area (Å²) in [6.45, 7) is -0.0419. The molecule has 29 heavy (non-hydrogen) atoms. The van der Waals surface area contributed by atoms with Crippen LogP contribution < -0.4 is 0 Å². The van der Waals surface area contributed by atoms with Crippen molar-refractivity contribution in [1.29, 1.82) is 0 Å². The average Bonchev–Trinajstić information content (AvgIpc) is 3.09. The van der Waals surface area contributed by atoms with Gasteiger partial charge in [0.25, 0.3) is 0 Å². The third kappa shape index (κ3) is 2.60. The molecule has 3 aromatic rings. The lowest BCUT2D eigenvalue weighted by Crippen LogP contribution is -2.18. The summed E-state index contributed by atoms with van der Waals surface area (Å²) >= 11 is 0. The Labute approximate surface area is 165 Å². The summed E-state index contributed by atoms with van der Waals surface area (Å²) in [6.07, 6.45) is 1.18. The van der Waals surface area contributed by atoms with Crippen molar-refractivity contribution in [3.8, 4) is 11.1 Å². The number of carboxylic acid groups (broad SMARTS) is 1. The summed E-state index contributed by atoms with van der Waals surface area (Å²) in [4.78, 5) is 37.1. The number of benzene rings is 3. The van der Waals surface area contributed by atoms with Gasteiger partial charge in [0.15, 0.2) is 0 Å². The van der Waals surface area contributed by atoms with Crippen molar-refractivity contribution in [2.24, 2.45) is 0 Å². The molecule has 144 valence electrons. The number of hydrogen-bond donors (Lipinski definition) is 1. The summed E-state index contributed by atoms with van der Waals surface area (Å²) in [5.41, 5.74) is 3.57. The van der Waals surface area contributed by atoms with Gasteiger partial charge in [-0.25, -0.2) is 14.4 Å². The van der Waals surface area contributed by atoms with Crippen LogP contribution in [0.2, 0.25) is 0 Å². The summed E-state index contributed by atoms with van der Waals surface area (Å²) < 4.78 is 10.4. The van der Waals surface area contributed by atoms with E-state index in [1.807, 2.05) is 24.3 Å². The number of carboxylic acids is 1.